The van der Waals surface area contributed by atoms with Crippen molar-refractivity contribution in [2.24, 2.45) is 0 Å². The number of carbonyl (C=O) groups excluding carboxylic acids is 1. The molecule has 11 heteroatoms. The third-order valence-corrected chi connectivity index (χ3v) is 3.53. The summed E-state index contributed by atoms with van der Waals surface area (Å²) in [5, 5.41) is 75.7. The van der Waals surface area contributed by atoms with Crippen LogP contribution in [0.4, 0.5) is 0 Å². The largest absolute Gasteiger partial charge is 0.394 e. The first kappa shape index (κ1) is 20.3. The fourth-order valence-electron chi connectivity index (χ4n) is 2.11. The Bertz CT molecular complexity index is 365. The van der Waals surface area contributed by atoms with Crippen molar-refractivity contribution in [3.05, 3.63) is 0 Å². The van der Waals surface area contributed by atoms with Gasteiger partial charge in [-0.1, -0.05) is 0 Å². The molecule has 1 rings (SSSR count). The van der Waals surface area contributed by atoms with Crippen molar-refractivity contribution in [1.29, 1.82) is 0 Å². The molecule has 0 aromatic heterocycles. The number of rotatable bonds is 8. The third kappa shape index (κ3) is 4.64. The quantitative estimate of drug-likeness (QED) is 0.196. The summed E-state index contributed by atoms with van der Waals surface area (Å²) in [5.74, 6) is 0. The number of aliphatic hydroxyl groups excluding tert-OH is 8. The van der Waals surface area contributed by atoms with Gasteiger partial charge in [0.05, 0.1) is 13.2 Å². The number of aldehydes is 1. The number of aliphatic hydroxyl groups is 8. The molecule has 0 spiro atoms. The molecule has 9 atom stereocenters. The van der Waals surface area contributed by atoms with E-state index in [4.69, 9.17) is 19.7 Å². The van der Waals surface area contributed by atoms with E-state index in [1.54, 1.807) is 0 Å². The second-order valence-electron chi connectivity index (χ2n) is 5.17. The summed E-state index contributed by atoms with van der Waals surface area (Å²) >= 11 is 0. The van der Waals surface area contributed by atoms with Gasteiger partial charge in [0.25, 0.3) is 0 Å². The van der Waals surface area contributed by atoms with Crippen molar-refractivity contribution in [3.63, 3.8) is 0 Å². The summed E-state index contributed by atoms with van der Waals surface area (Å²) in [7, 11) is 0. The molecule has 1 heterocycles. The molecule has 0 bridgehead atoms. The SMILES string of the molecule is O=C[C@H](O)[C@@H](O)[C@@H](O[C@H]1O[C@H](CO)[C@H](O)[C@H](O)[C@H]1O)[C@H](O)CO. The van der Waals surface area contributed by atoms with E-state index < -0.39 is 68.3 Å². The fraction of sp³-hybridized carbons (Fsp3) is 0.917. The lowest BCUT2D eigenvalue weighted by Gasteiger charge is -2.42. The van der Waals surface area contributed by atoms with Crippen LogP contribution >= 0.6 is 0 Å². The van der Waals surface area contributed by atoms with Crippen LogP contribution in [0.2, 0.25) is 0 Å². The molecular formula is C12H22O11. The van der Waals surface area contributed by atoms with E-state index in [-0.39, 0.29) is 6.29 Å². The summed E-state index contributed by atoms with van der Waals surface area (Å²) in [6.07, 6.45) is -15.7. The molecular weight excluding hydrogens is 320 g/mol. The number of ether oxygens (including phenoxy) is 2. The molecule has 1 fully saturated rings. The molecule has 1 aliphatic rings. The molecule has 0 aliphatic carbocycles. The molecule has 136 valence electrons. The highest BCUT2D eigenvalue weighted by Crippen LogP contribution is 2.24. The van der Waals surface area contributed by atoms with E-state index in [9.17, 15) is 35.4 Å². The van der Waals surface area contributed by atoms with Crippen molar-refractivity contribution in [1.82, 2.24) is 0 Å². The van der Waals surface area contributed by atoms with Gasteiger partial charge < -0.3 is 55.1 Å². The van der Waals surface area contributed by atoms with Crippen LogP contribution in [0.15, 0.2) is 0 Å². The summed E-state index contributed by atoms with van der Waals surface area (Å²) < 4.78 is 10.1. The Morgan fingerprint density at radius 1 is 1.04 bits per heavy atom. The lowest BCUT2D eigenvalue weighted by Crippen LogP contribution is -2.61. The third-order valence-electron chi connectivity index (χ3n) is 3.53. The zero-order valence-electron chi connectivity index (χ0n) is 12.0. The first-order chi connectivity index (χ1) is 10.8. The lowest BCUT2D eigenvalue weighted by molar-refractivity contribution is -0.326. The van der Waals surface area contributed by atoms with E-state index in [1.807, 2.05) is 0 Å². The van der Waals surface area contributed by atoms with E-state index >= 15 is 0 Å². The smallest absolute Gasteiger partial charge is 0.187 e. The summed E-state index contributed by atoms with van der Waals surface area (Å²) in [6, 6.07) is 0. The molecule has 0 amide bonds. The van der Waals surface area contributed by atoms with Crippen molar-refractivity contribution < 1.29 is 55.1 Å². The Hall–Kier alpha value is -0.730. The monoisotopic (exact) mass is 342 g/mol. The van der Waals surface area contributed by atoms with Gasteiger partial charge in [0.2, 0.25) is 0 Å². The molecule has 0 unspecified atom stereocenters. The maximum Gasteiger partial charge on any atom is 0.187 e. The molecule has 1 saturated heterocycles. The maximum absolute atomic E-state index is 10.5. The van der Waals surface area contributed by atoms with Crippen molar-refractivity contribution in [2.75, 3.05) is 13.2 Å². The van der Waals surface area contributed by atoms with E-state index in [0.717, 1.165) is 0 Å². The number of carbonyl (C=O) groups is 1. The van der Waals surface area contributed by atoms with Crippen LogP contribution in [0.5, 0.6) is 0 Å². The number of hydrogen-bond donors (Lipinski definition) is 8. The Morgan fingerprint density at radius 2 is 1.65 bits per heavy atom. The summed E-state index contributed by atoms with van der Waals surface area (Å²) in [5.41, 5.74) is 0. The van der Waals surface area contributed by atoms with E-state index in [2.05, 4.69) is 0 Å². The van der Waals surface area contributed by atoms with Gasteiger partial charge >= 0.3 is 0 Å². The van der Waals surface area contributed by atoms with Crippen molar-refractivity contribution in [3.8, 4) is 0 Å². The molecule has 11 nitrogen and oxygen atoms in total. The highest BCUT2D eigenvalue weighted by molar-refractivity contribution is 5.56. The van der Waals surface area contributed by atoms with Gasteiger partial charge in [-0.05, 0) is 0 Å². The normalized spacial score (nSPS) is 37.0. The molecule has 8 N–H and O–H groups in total. The summed E-state index contributed by atoms with van der Waals surface area (Å²) in [4.78, 5) is 10.5. The van der Waals surface area contributed by atoms with Crippen molar-refractivity contribution in [2.45, 2.75) is 55.1 Å². The van der Waals surface area contributed by atoms with Crippen LogP contribution in [0, 0.1) is 0 Å². The number of hydrogen-bond acceptors (Lipinski definition) is 11. The van der Waals surface area contributed by atoms with Gasteiger partial charge in [-0.25, -0.2) is 0 Å². The minimum atomic E-state index is -1.97. The van der Waals surface area contributed by atoms with Gasteiger partial charge in [0.1, 0.15) is 48.8 Å². The van der Waals surface area contributed by atoms with Crippen LogP contribution in [-0.4, -0.2) is 115 Å². The standard InChI is InChI=1S/C12H22O11/c13-1-4(16)7(18)11(5(17)2-14)23-12-10(21)9(20)8(19)6(3-15)22-12/h1,4-12,14-21H,2-3H2/t4-,5+,6+,7+,8-,9-,10+,11-,12+/m0/s1. The van der Waals surface area contributed by atoms with Gasteiger partial charge in [-0.3, -0.25) is 0 Å². The predicted molar refractivity (Wildman–Crippen MR) is 69.8 cm³/mol. The first-order valence-corrected chi connectivity index (χ1v) is 6.84. The lowest BCUT2D eigenvalue weighted by atomic mass is 9.98. The van der Waals surface area contributed by atoms with E-state index in [0.29, 0.717) is 0 Å². The van der Waals surface area contributed by atoms with Crippen LogP contribution in [0.25, 0.3) is 0 Å². The minimum absolute atomic E-state index is 0.0294. The topological polar surface area (TPSA) is 197 Å². The fourth-order valence-corrected chi connectivity index (χ4v) is 2.11. The highest BCUT2D eigenvalue weighted by Gasteiger charge is 2.46. The zero-order valence-corrected chi connectivity index (χ0v) is 12.0. The average Bonchev–Trinajstić information content (AvgIpc) is 2.57. The zero-order chi connectivity index (χ0) is 17.7. The second kappa shape index (κ2) is 8.94. The van der Waals surface area contributed by atoms with Gasteiger partial charge in [-0.2, -0.15) is 0 Å². The Kier molecular flexibility index (Phi) is 7.89. The van der Waals surface area contributed by atoms with Gasteiger partial charge in [0.15, 0.2) is 12.6 Å². The molecule has 23 heavy (non-hydrogen) atoms. The molecule has 1 aliphatic heterocycles. The van der Waals surface area contributed by atoms with Crippen LogP contribution < -0.4 is 0 Å². The molecule has 0 aromatic rings. The maximum atomic E-state index is 10.5. The Balaban J connectivity index is 2.91. The summed E-state index contributed by atoms with van der Waals surface area (Å²) in [6.45, 7) is -1.64. The molecule has 0 saturated carbocycles. The Morgan fingerprint density at radius 3 is 2.13 bits per heavy atom. The Labute approximate surface area is 130 Å². The second-order valence-corrected chi connectivity index (χ2v) is 5.17. The van der Waals surface area contributed by atoms with Crippen LogP contribution in [-0.2, 0) is 14.3 Å². The van der Waals surface area contributed by atoms with E-state index in [1.165, 1.54) is 0 Å². The average molecular weight is 342 g/mol. The van der Waals surface area contributed by atoms with Crippen molar-refractivity contribution >= 4 is 6.29 Å². The van der Waals surface area contributed by atoms with Crippen LogP contribution in [0.1, 0.15) is 0 Å². The molecule has 0 aromatic carbocycles. The van der Waals surface area contributed by atoms with Gasteiger partial charge in [-0.15, -0.1) is 0 Å². The highest BCUT2D eigenvalue weighted by atomic mass is 16.7. The predicted octanol–water partition coefficient (Wildman–Crippen LogP) is -5.55. The molecule has 0 radical (unpaired) electrons. The minimum Gasteiger partial charge on any atom is -0.394 e. The van der Waals surface area contributed by atoms with Gasteiger partial charge in [0, 0.05) is 0 Å². The van der Waals surface area contributed by atoms with Crippen LogP contribution in [0.3, 0.4) is 0 Å². The first-order valence-electron chi connectivity index (χ1n) is 6.84.